The zero-order valence-corrected chi connectivity index (χ0v) is 8.10. The summed E-state index contributed by atoms with van der Waals surface area (Å²) in [5.41, 5.74) is 3.27. The van der Waals surface area contributed by atoms with Gasteiger partial charge in [0.1, 0.15) is 0 Å². The zero-order valence-electron chi connectivity index (χ0n) is 8.10. The maximum Gasteiger partial charge on any atom is 0.248 e. The number of hydrogen-bond acceptors (Lipinski definition) is 5. The molecule has 0 saturated carbocycles. The Morgan fingerprint density at radius 2 is 2.40 bits per heavy atom. The SMILES string of the molecule is c1nnc(-c2cnc3c(c2)CNCC3)o1. The second-order valence-electron chi connectivity index (χ2n) is 3.50. The monoisotopic (exact) mass is 202 g/mol. The molecule has 0 bridgehead atoms. The van der Waals surface area contributed by atoms with Gasteiger partial charge in [-0.2, -0.15) is 0 Å². The number of nitrogens with zero attached hydrogens (tertiary/aromatic N) is 3. The van der Waals surface area contributed by atoms with Crippen molar-refractivity contribution in [3.05, 3.63) is 29.9 Å². The maximum atomic E-state index is 5.13. The minimum atomic E-state index is 0.524. The number of hydrogen-bond donors (Lipinski definition) is 1. The van der Waals surface area contributed by atoms with Crippen molar-refractivity contribution in [3.8, 4) is 11.5 Å². The van der Waals surface area contributed by atoms with Gasteiger partial charge in [0.2, 0.25) is 12.3 Å². The van der Waals surface area contributed by atoms with Crippen molar-refractivity contribution in [1.29, 1.82) is 0 Å². The van der Waals surface area contributed by atoms with Crippen LogP contribution in [0.15, 0.2) is 23.1 Å². The van der Waals surface area contributed by atoms with E-state index in [1.54, 1.807) is 6.20 Å². The van der Waals surface area contributed by atoms with Crippen LogP contribution < -0.4 is 5.32 Å². The predicted octanol–water partition coefficient (Wildman–Crippen LogP) is 0.777. The van der Waals surface area contributed by atoms with E-state index in [1.165, 1.54) is 12.0 Å². The largest absolute Gasteiger partial charge is 0.423 e. The highest BCUT2D eigenvalue weighted by atomic mass is 16.4. The molecule has 5 heteroatoms. The molecule has 76 valence electrons. The Bertz CT molecular complexity index is 466. The molecule has 0 fully saturated rings. The number of pyridine rings is 1. The minimum Gasteiger partial charge on any atom is -0.423 e. The summed E-state index contributed by atoms with van der Waals surface area (Å²) in [6.07, 6.45) is 4.10. The quantitative estimate of drug-likeness (QED) is 0.740. The molecule has 3 rings (SSSR count). The van der Waals surface area contributed by atoms with Gasteiger partial charge in [-0.25, -0.2) is 0 Å². The lowest BCUT2D eigenvalue weighted by molar-refractivity contribution is 0.567. The zero-order chi connectivity index (χ0) is 10.1. The summed E-state index contributed by atoms with van der Waals surface area (Å²) < 4.78 is 5.13. The van der Waals surface area contributed by atoms with E-state index in [4.69, 9.17) is 4.42 Å². The summed E-state index contributed by atoms with van der Waals surface area (Å²) in [5.74, 6) is 0.524. The van der Waals surface area contributed by atoms with E-state index < -0.39 is 0 Å². The van der Waals surface area contributed by atoms with E-state index in [0.717, 1.165) is 30.8 Å². The van der Waals surface area contributed by atoms with Gasteiger partial charge in [0.25, 0.3) is 0 Å². The second-order valence-corrected chi connectivity index (χ2v) is 3.50. The molecule has 3 heterocycles. The van der Waals surface area contributed by atoms with Gasteiger partial charge in [-0.3, -0.25) is 4.98 Å². The molecule has 0 radical (unpaired) electrons. The Balaban J connectivity index is 2.04. The lowest BCUT2D eigenvalue weighted by atomic mass is 10.1. The topological polar surface area (TPSA) is 63.8 Å². The predicted molar refractivity (Wildman–Crippen MR) is 52.9 cm³/mol. The maximum absolute atomic E-state index is 5.13. The molecule has 0 aliphatic carbocycles. The van der Waals surface area contributed by atoms with Gasteiger partial charge in [0.15, 0.2) is 0 Å². The van der Waals surface area contributed by atoms with Crippen LogP contribution in [-0.2, 0) is 13.0 Å². The third-order valence-corrected chi connectivity index (χ3v) is 2.52. The van der Waals surface area contributed by atoms with Crippen molar-refractivity contribution in [2.75, 3.05) is 6.54 Å². The molecular formula is C10H10N4O. The van der Waals surface area contributed by atoms with E-state index >= 15 is 0 Å². The van der Waals surface area contributed by atoms with Crippen LogP contribution in [0.3, 0.4) is 0 Å². The lowest BCUT2D eigenvalue weighted by Crippen LogP contribution is -2.24. The highest BCUT2D eigenvalue weighted by molar-refractivity contribution is 5.53. The summed E-state index contributed by atoms with van der Waals surface area (Å²) in [6, 6.07) is 2.06. The Labute approximate surface area is 86.5 Å². The molecule has 0 atom stereocenters. The third-order valence-electron chi connectivity index (χ3n) is 2.52. The molecule has 1 aliphatic heterocycles. The minimum absolute atomic E-state index is 0.524. The van der Waals surface area contributed by atoms with Crippen LogP contribution >= 0.6 is 0 Å². The molecule has 0 spiro atoms. The first-order chi connectivity index (χ1) is 7.43. The summed E-state index contributed by atoms with van der Waals surface area (Å²) in [7, 11) is 0. The van der Waals surface area contributed by atoms with Gasteiger partial charge in [-0.1, -0.05) is 0 Å². The van der Waals surface area contributed by atoms with Gasteiger partial charge < -0.3 is 9.73 Å². The fraction of sp³-hybridized carbons (Fsp3) is 0.300. The average molecular weight is 202 g/mol. The highest BCUT2D eigenvalue weighted by Crippen LogP contribution is 2.20. The Morgan fingerprint density at radius 3 is 3.27 bits per heavy atom. The van der Waals surface area contributed by atoms with Crippen molar-refractivity contribution in [2.24, 2.45) is 0 Å². The van der Waals surface area contributed by atoms with E-state index in [-0.39, 0.29) is 0 Å². The van der Waals surface area contributed by atoms with Crippen molar-refractivity contribution in [3.63, 3.8) is 0 Å². The number of nitrogens with one attached hydrogen (secondary N) is 1. The van der Waals surface area contributed by atoms with Crippen molar-refractivity contribution in [2.45, 2.75) is 13.0 Å². The Hall–Kier alpha value is -1.75. The van der Waals surface area contributed by atoms with Crippen LogP contribution in [0.1, 0.15) is 11.3 Å². The van der Waals surface area contributed by atoms with Gasteiger partial charge in [-0.05, 0) is 11.6 Å². The first-order valence-electron chi connectivity index (χ1n) is 4.88. The molecule has 0 unspecified atom stereocenters. The molecule has 1 N–H and O–H groups in total. The van der Waals surface area contributed by atoms with Crippen molar-refractivity contribution in [1.82, 2.24) is 20.5 Å². The normalized spacial score (nSPS) is 14.9. The number of fused-ring (bicyclic) bond motifs is 1. The van der Waals surface area contributed by atoms with Crippen LogP contribution in [0.2, 0.25) is 0 Å². The van der Waals surface area contributed by atoms with Gasteiger partial charge >= 0.3 is 0 Å². The smallest absolute Gasteiger partial charge is 0.248 e. The van der Waals surface area contributed by atoms with Crippen LogP contribution in [0.25, 0.3) is 11.5 Å². The fourth-order valence-corrected chi connectivity index (χ4v) is 1.76. The summed E-state index contributed by atoms with van der Waals surface area (Å²) >= 11 is 0. The molecule has 0 amide bonds. The molecule has 0 aromatic carbocycles. The molecule has 1 aliphatic rings. The summed E-state index contributed by atoms with van der Waals surface area (Å²) in [4.78, 5) is 4.41. The first kappa shape index (κ1) is 8.55. The molecule has 5 nitrogen and oxygen atoms in total. The fourth-order valence-electron chi connectivity index (χ4n) is 1.76. The first-order valence-corrected chi connectivity index (χ1v) is 4.88. The van der Waals surface area contributed by atoms with Crippen LogP contribution in [-0.4, -0.2) is 21.7 Å². The Morgan fingerprint density at radius 1 is 1.40 bits per heavy atom. The highest BCUT2D eigenvalue weighted by Gasteiger charge is 2.12. The number of aromatic nitrogens is 3. The molecule has 15 heavy (non-hydrogen) atoms. The molecule has 2 aromatic heterocycles. The number of rotatable bonds is 1. The average Bonchev–Trinajstić information content (AvgIpc) is 2.82. The van der Waals surface area contributed by atoms with E-state index in [2.05, 4.69) is 26.6 Å². The molecule has 0 saturated heterocycles. The second kappa shape index (κ2) is 3.43. The van der Waals surface area contributed by atoms with E-state index in [9.17, 15) is 0 Å². The summed E-state index contributed by atoms with van der Waals surface area (Å²) in [6.45, 7) is 1.87. The van der Waals surface area contributed by atoms with Crippen LogP contribution in [0, 0.1) is 0 Å². The van der Waals surface area contributed by atoms with E-state index in [1.807, 2.05) is 0 Å². The van der Waals surface area contributed by atoms with E-state index in [0.29, 0.717) is 5.89 Å². The Kier molecular flexibility index (Phi) is 1.96. The van der Waals surface area contributed by atoms with Crippen molar-refractivity contribution < 1.29 is 4.42 Å². The van der Waals surface area contributed by atoms with Crippen LogP contribution in [0.5, 0.6) is 0 Å². The lowest BCUT2D eigenvalue weighted by Gasteiger charge is -2.15. The van der Waals surface area contributed by atoms with Gasteiger partial charge in [-0.15, -0.1) is 10.2 Å². The van der Waals surface area contributed by atoms with Gasteiger partial charge in [0, 0.05) is 31.4 Å². The van der Waals surface area contributed by atoms with Gasteiger partial charge in [0.05, 0.1) is 5.56 Å². The van der Waals surface area contributed by atoms with Crippen molar-refractivity contribution >= 4 is 0 Å². The standard InChI is InChI=1S/C10H10N4O/c1-2-11-4-7-3-8(5-12-9(1)7)10-14-13-6-15-10/h3,5-6,11H,1-2,4H2. The molecular weight excluding hydrogens is 192 g/mol. The van der Waals surface area contributed by atoms with Crippen LogP contribution in [0.4, 0.5) is 0 Å². The third kappa shape index (κ3) is 1.50. The summed E-state index contributed by atoms with van der Waals surface area (Å²) in [5, 5.41) is 10.8. The molecule has 2 aromatic rings.